The summed E-state index contributed by atoms with van der Waals surface area (Å²) in [6.45, 7) is 1.49. The van der Waals surface area contributed by atoms with E-state index in [0.717, 1.165) is 22.2 Å². The molecule has 0 bridgehead atoms. The molecule has 1 saturated heterocycles. The molecule has 162 valence electrons. The van der Waals surface area contributed by atoms with E-state index in [0.29, 0.717) is 28.5 Å². The summed E-state index contributed by atoms with van der Waals surface area (Å²) in [4.78, 5) is 38.6. The van der Waals surface area contributed by atoms with Crippen LogP contribution in [0, 0.1) is 6.92 Å². The van der Waals surface area contributed by atoms with Crippen molar-refractivity contribution in [3.63, 3.8) is 0 Å². The van der Waals surface area contributed by atoms with Gasteiger partial charge in [-0.25, -0.2) is 0 Å². The summed E-state index contributed by atoms with van der Waals surface area (Å²) in [7, 11) is 4.47. The van der Waals surface area contributed by atoms with Crippen LogP contribution in [0.4, 0.5) is 10.5 Å². The van der Waals surface area contributed by atoms with Crippen molar-refractivity contribution in [1.82, 2.24) is 4.90 Å². The zero-order chi connectivity index (χ0) is 22.5. The number of anilines is 1. The predicted octanol–water partition coefficient (Wildman–Crippen LogP) is 3.70. The molecule has 0 saturated carbocycles. The molecular weight excluding hydrogens is 420 g/mol. The molecule has 8 nitrogen and oxygen atoms in total. The third-order valence-electron chi connectivity index (χ3n) is 4.58. The molecular formula is C22H22N2O6S. The normalized spacial score (nSPS) is 14.7. The van der Waals surface area contributed by atoms with Gasteiger partial charge in [0.05, 0.1) is 26.2 Å². The number of imide groups is 1. The van der Waals surface area contributed by atoms with E-state index in [1.165, 1.54) is 21.3 Å². The summed E-state index contributed by atoms with van der Waals surface area (Å²) < 4.78 is 15.9. The third-order valence-corrected chi connectivity index (χ3v) is 5.49. The van der Waals surface area contributed by atoms with Gasteiger partial charge >= 0.3 is 0 Å². The van der Waals surface area contributed by atoms with Crippen molar-refractivity contribution in [2.45, 2.75) is 6.92 Å². The van der Waals surface area contributed by atoms with Gasteiger partial charge in [-0.15, -0.1) is 0 Å². The number of ether oxygens (including phenoxy) is 3. The van der Waals surface area contributed by atoms with Crippen LogP contribution in [-0.2, 0) is 9.59 Å². The molecule has 0 aliphatic carbocycles. The Balaban J connectivity index is 1.79. The van der Waals surface area contributed by atoms with Gasteiger partial charge in [0.15, 0.2) is 11.5 Å². The van der Waals surface area contributed by atoms with Crippen molar-refractivity contribution in [2.24, 2.45) is 0 Å². The fourth-order valence-electron chi connectivity index (χ4n) is 3.02. The number of nitrogens with one attached hydrogen (secondary N) is 1. The van der Waals surface area contributed by atoms with E-state index in [-0.39, 0.29) is 11.4 Å². The summed E-state index contributed by atoms with van der Waals surface area (Å²) >= 11 is 0.771. The second-order valence-corrected chi connectivity index (χ2v) is 7.58. The number of nitrogens with zero attached hydrogens (tertiary/aromatic N) is 1. The molecule has 0 aromatic heterocycles. The molecule has 9 heteroatoms. The topological polar surface area (TPSA) is 94.2 Å². The second kappa shape index (κ2) is 9.57. The molecule has 1 aliphatic rings. The zero-order valence-corrected chi connectivity index (χ0v) is 18.4. The standard InChI is InChI=1S/C22H22N2O6S/c1-13-7-5-6-8-15(13)23-19(25)12-24-21(26)18(31-22(24)27)11-14-9-16(28-2)20(30-4)17(10-14)29-3/h5-11H,12H2,1-4H3,(H,23,25)/b18-11+. The molecule has 0 spiro atoms. The third kappa shape index (κ3) is 4.83. The first-order valence-corrected chi connectivity index (χ1v) is 10.1. The lowest BCUT2D eigenvalue weighted by Gasteiger charge is -2.14. The molecule has 0 unspecified atom stereocenters. The fraction of sp³-hybridized carbons (Fsp3) is 0.227. The highest BCUT2D eigenvalue weighted by atomic mass is 32.2. The van der Waals surface area contributed by atoms with Gasteiger partial charge < -0.3 is 19.5 Å². The van der Waals surface area contributed by atoms with E-state index in [4.69, 9.17) is 14.2 Å². The van der Waals surface area contributed by atoms with Gasteiger partial charge in [-0.2, -0.15) is 0 Å². The van der Waals surface area contributed by atoms with Crippen LogP contribution in [0.25, 0.3) is 6.08 Å². The van der Waals surface area contributed by atoms with Gasteiger partial charge in [0.2, 0.25) is 11.7 Å². The van der Waals surface area contributed by atoms with Crippen LogP contribution in [0.3, 0.4) is 0 Å². The maximum Gasteiger partial charge on any atom is 0.294 e. The molecule has 0 atom stereocenters. The minimum Gasteiger partial charge on any atom is -0.493 e. The average molecular weight is 442 g/mol. The summed E-state index contributed by atoms with van der Waals surface area (Å²) in [5, 5.41) is 2.21. The number of hydrogen-bond acceptors (Lipinski definition) is 7. The maximum atomic E-state index is 12.8. The van der Waals surface area contributed by atoms with Gasteiger partial charge in [-0.05, 0) is 54.1 Å². The molecule has 3 amide bonds. The molecule has 2 aromatic carbocycles. The monoisotopic (exact) mass is 442 g/mol. The van der Waals surface area contributed by atoms with Gasteiger partial charge in [-0.1, -0.05) is 18.2 Å². The Labute approximate surface area is 184 Å². The first-order valence-electron chi connectivity index (χ1n) is 9.28. The molecule has 31 heavy (non-hydrogen) atoms. The van der Waals surface area contributed by atoms with Gasteiger partial charge in [0.25, 0.3) is 11.1 Å². The first kappa shape index (κ1) is 22.2. The molecule has 1 aliphatic heterocycles. The Morgan fingerprint density at radius 2 is 1.71 bits per heavy atom. The number of hydrogen-bond donors (Lipinski definition) is 1. The smallest absolute Gasteiger partial charge is 0.294 e. The van der Waals surface area contributed by atoms with Crippen LogP contribution >= 0.6 is 11.8 Å². The SMILES string of the molecule is COc1cc(/C=C2/SC(=O)N(CC(=O)Nc3ccccc3C)C2=O)cc(OC)c1OC. The highest BCUT2D eigenvalue weighted by Crippen LogP contribution is 2.40. The summed E-state index contributed by atoms with van der Waals surface area (Å²) in [5.74, 6) is 0.271. The van der Waals surface area contributed by atoms with Crippen LogP contribution < -0.4 is 19.5 Å². The van der Waals surface area contributed by atoms with Crippen LogP contribution in [-0.4, -0.2) is 49.8 Å². The highest BCUT2D eigenvalue weighted by molar-refractivity contribution is 8.18. The molecule has 1 heterocycles. The van der Waals surface area contributed by atoms with Crippen molar-refractivity contribution in [1.29, 1.82) is 0 Å². The average Bonchev–Trinajstić information content (AvgIpc) is 3.01. The summed E-state index contributed by atoms with van der Waals surface area (Å²) in [5.41, 5.74) is 2.10. The number of methoxy groups -OCH3 is 3. The van der Waals surface area contributed by atoms with E-state index in [2.05, 4.69) is 5.32 Å². The van der Waals surface area contributed by atoms with Crippen molar-refractivity contribution in [2.75, 3.05) is 33.2 Å². The largest absolute Gasteiger partial charge is 0.493 e. The number of thioether (sulfide) groups is 1. The van der Waals surface area contributed by atoms with Gasteiger partial charge in [0.1, 0.15) is 6.54 Å². The van der Waals surface area contributed by atoms with Crippen molar-refractivity contribution in [3.05, 3.63) is 52.4 Å². The Morgan fingerprint density at radius 3 is 2.29 bits per heavy atom. The Kier molecular flexibility index (Phi) is 6.86. The van der Waals surface area contributed by atoms with Crippen molar-refractivity contribution < 1.29 is 28.6 Å². The van der Waals surface area contributed by atoms with E-state index in [1.54, 1.807) is 30.3 Å². The maximum absolute atomic E-state index is 12.8. The van der Waals surface area contributed by atoms with Crippen molar-refractivity contribution >= 4 is 40.6 Å². The quantitative estimate of drug-likeness (QED) is 0.654. The zero-order valence-electron chi connectivity index (χ0n) is 17.6. The van der Waals surface area contributed by atoms with Crippen LogP contribution in [0.15, 0.2) is 41.3 Å². The summed E-state index contributed by atoms with van der Waals surface area (Å²) in [6, 6.07) is 10.6. The lowest BCUT2D eigenvalue weighted by molar-refractivity contribution is -0.127. The van der Waals surface area contributed by atoms with Crippen LogP contribution in [0.5, 0.6) is 17.2 Å². The molecule has 2 aromatic rings. The number of amides is 3. The van der Waals surface area contributed by atoms with Crippen LogP contribution in [0.1, 0.15) is 11.1 Å². The number of aryl methyl sites for hydroxylation is 1. The molecule has 1 N–H and O–H groups in total. The predicted molar refractivity (Wildman–Crippen MR) is 119 cm³/mol. The minimum atomic E-state index is -0.538. The van der Waals surface area contributed by atoms with Gasteiger partial charge in [-0.3, -0.25) is 19.3 Å². The number of rotatable bonds is 7. The fourth-order valence-corrected chi connectivity index (χ4v) is 3.86. The lowest BCUT2D eigenvalue weighted by Crippen LogP contribution is -2.36. The van der Waals surface area contributed by atoms with E-state index >= 15 is 0 Å². The van der Waals surface area contributed by atoms with E-state index in [1.807, 2.05) is 19.1 Å². The Bertz CT molecular complexity index is 1040. The van der Waals surface area contributed by atoms with E-state index in [9.17, 15) is 14.4 Å². The molecule has 3 rings (SSSR count). The number of para-hydroxylation sites is 1. The number of benzene rings is 2. The molecule has 0 radical (unpaired) electrons. The van der Waals surface area contributed by atoms with Crippen molar-refractivity contribution in [3.8, 4) is 17.2 Å². The second-order valence-electron chi connectivity index (χ2n) is 6.59. The Morgan fingerprint density at radius 1 is 1.06 bits per heavy atom. The number of carbonyl (C=O) groups is 3. The van der Waals surface area contributed by atoms with Crippen LogP contribution in [0.2, 0.25) is 0 Å². The molecule has 1 fully saturated rings. The minimum absolute atomic E-state index is 0.197. The van der Waals surface area contributed by atoms with Gasteiger partial charge in [0, 0.05) is 5.69 Å². The summed E-state index contributed by atoms with van der Waals surface area (Å²) in [6.07, 6.45) is 1.55. The lowest BCUT2D eigenvalue weighted by atomic mass is 10.1. The van der Waals surface area contributed by atoms with E-state index < -0.39 is 17.1 Å². The Hall–Kier alpha value is -3.46. The highest BCUT2D eigenvalue weighted by Gasteiger charge is 2.36. The number of carbonyl (C=O) groups excluding carboxylic acids is 3. The first-order chi connectivity index (χ1) is 14.9.